The summed E-state index contributed by atoms with van der Waals surface area (Å²) in [6.45, 7) is 7.90. The summed E-state index contributed by atoms with van der Waals surface area (Å²) in [5, 5.41) is 0.404. The van der Waals surface area contributed by atoms with E-state index in [1.807, 2.05) is 25.7 Å². The Morgan fingerprint density at radius 1 is 1.27 bits per heavy atom. The zero-order valence-electron chi connectivity index (χ0n) is 18.1. The molecule has 0 spiro atoms. The average molecular weight is 431 g/mol. The molecule has 1 aliphatic heterocycles. The van der Waals surface area contributed by atoms with Gasteiger partial charge in [0.15, 0.2) is 0 Å². The number of hydrogen-bond acceptors (Lipinski definition) is 3. The minimum atomic E-state index is -0.728. The van der Waals surface area contributed by atoms with Crippen molar-refractivity contribution in [3.63, 3.8) is 0 Å². The molecule has 5 nitrogen and oxygen atoms in total. The number of benzene rings is 1. The monoisotopic (exact) mass is 430 g/mol. The fourth-order valence-corrected chi connectivity index (χ4v) is 4.09. The predicted octanol–water partition coefficient (Wildman–Crippen LogP) is 4.52. The Morgan fingerprint density at radius 2 is 1.93 bits per heavy atom. The number of rotatable bonds is 6. The van der Waals surface area contributed by atoms with Crippen LogP contribution in [0.25, 0.3) is 0 Å². The van der Waals surface area contributed by atoms with Crippen LogP contribution in [-0.2, 0) is 9.59 Å². The van der Waals surface area contributed by atoms with E-state index in [9.17, 15) is 9.59 Å². The van der Waals surface area contributed by atoms with E-state index in [1.54, 1.807) is 18.2 Å². The molecule has 1 aliphatic carbocycles. The molecule has 3 rings (SSSR count). The van der Waals surface area contributed by atoms with E-state index in [0.29, 0.717) is 42.1 Å². The van der Waals surface area contributed by atoms with Crippen LogP contribution < -0.4 is 9.64 Å². The number of anilines is 1. The molecule has 0 bridgehead atoms. The van der Waals surface area contributed by atoms with Crippen molar-refractivity contribution in [1.29, 1.82) is 0 Å². The van der Waals surface area contributed by atoms with Gasteiger partial charge in [-0.1, -0.05) is 32.4 Å². The molecule has 6 heteroatoms. The second-order valence-electron chi connectivity index (χ2n) is 9.34. The van der Waals surface area contributed by atoms with Crippen molar-refractivity contribution in [2.45, 2.75) is 58.9 Å². The van der Waals surface area contributed by atoms with Crippen molar-refractivity contribution in [1.82, 2.24) is 4.90 Å². The van der Waals surface area contributed by atoms with E-state index in [2.05, 4.69) is 5.92 Å². The Kier molecular flexibility index (Phi) is 6.98. The molecule has 2 aliphatic rings. The molecule has 1 saturated heterocycles. The number of nitrogens with zero attached hydrogens (tertiary/aromatic N) is 2. The summed E-state index contributed by atoms with van der Waals surface area (Å²) in [5.41, 5.74) is -0.0127. The highest BCUT2D eigenvalue weighted by molar-refractivity contribution is 6.32. The van der Waals surface area contributed by atoms with Crippen molar-refractivity contribution in [2.75, 3.05) is 24.6 Å². The Labute approximate surface area is 184 Å². The normalized spacial score (nSPS) is 17.8. The van der Waals surface area contributed by atoms with Crippen LogP contribution in [0.2, 0.25) is 5.02 Å². The Balaban J connectivity index is 1.93. The third kappa shape index (κ3) is 5.29. The zero-order valence-corrected chi connectivity index (χ0v) is 18.9. The van der Waals surface area contributed by atoms with Gasteiger partial charge in [0.1, 0.15) is 11.8 Å². The van der Waals surface area contributed by atoms with Crippen molar-refractivity contribution in [3.05, 3.63) is 23.2 Å². The number of hydrogen-bond donors (Lipinski definition) is 0. The van der Waals surface area contributed by atoms with Gasteiger partial charge in [-0.05, 0) is 67.6 Å². The molecule has 2 amide bonds. The molecule has 162 valence electrons. The second kappa shape index (κ2) is 9.31. The number of amides is 2. The van der Waals surface area contributed by atoms with Gasteiger partial charge < -0.3 is 9.64 Å². The SMILES string of the molecule is C#CC(=O)N(c1ccc(OCC2CC2)c(Cl)c1)C(C(=O)N1CCCCC1)C(C)(C)C. The Bertz CT molecular complexity index is 830. The first kappa shape index (κ1) is 22.5. The number of carbonyl (C=O) groups is 2. The fraction of sp³-hybridized carbons (Fsp3) is 0.583. The van der Waals surface area contributed by atoms with Gasteiger partial charge in [0.2, 0.25) is 5.91 Å². The molecular weight excluding hydrogens is 400 g/mol. The summed E-state index contributed by atoms with van der Waals surface area (Å²) in [5.74, 6) is 2.76. The lowest BCUT2D eigenvalue weighted by Gasteiger charge is -2.41. The minimum absolute atomic E-state index is 0.0732. The number of piperidine rings is 1. The number of terminal acetylenes is 1. The molecule has 0 aromatic heterocycles. The number of likely N-dealkylation sites (tertiary alicyclic amines) is 1. The highest BCUT2D eigenvalue weighted by atomic mass is 35.5. The Hall–Kier alpha value is -2.19. The van der Waals surface area contributed by atoms with E-state index in [-0.39, 0.29) is 5.91 Å². The highest BCUT2D eigenvalue weighted by Gasteiger charge is 2.42. The van der Waals surface area contributed by atoms with Crippen molar-refractivity contribution in [3.8, 4) is 18.1 Å². The van der Waals surface area contributed by atoms with Crippen molar-refractivity contribution < 1.29 is 14.3 Å². The molecule has 0 radical (unpaired) electrons. The van der Waals surface area contributed by atoms with Crippen LogP contribution in [0.5, 0.6) is 5.75 Å². The molecular formula is C24H31ClN2O3. The van der Waals surface area contributed by atoms with E-state index < -0.39 is 17.4 Å². The van der Waals surface area contributed by atoms with Gasteiger partial charge in [0.25, 0.3) is 0 Å². The van der Waals surface area contributed by atoms with E-state index in [0.717, 1.165) is 19.3 Å². The van der Waals surface area contributed by atoms with Crippen LogP contribution in [0.3, 0.4) is 0 Å². The Morgan fingerprint density at radius 3 is 2.47 bits per heavy atom. The van der Waals surface area contributed by atoms with Crippen LogP contribution in [-0.4, -0.2) is 42.5 Å². The van der Waals surface area contributed by atoms with Crippen LogP contribution in [0, 0.1) is 23.7 Å². The highest BCUT2D eigenvalue weighted by Crippen LogP contribution is 2.36. The molecule has 1 saturated carbocycles. The molecule has 0 N–H and O–H groups in total. The maximum Gasteiger partial charge on any atom is 0.303 e. The van der Waals surface area contributed by atoms with E-state index in [4.69, 9.17) is 22.8 Å². The van der Waals surface area contributed by atoms with Crippen LogP contribution >= 0.6 is 11.6 Å². The van der Waals surface area contributed by atoms with Crippen molar-refractivity contribution >= 4 is 29.1 Å². The molecule has 1 aromatic rings. The standard InChI is InChI=1S/C24H31ClN2O3/c1-5-21(28)27(18-11-12-20(19(25)15-18)30-16-17-9-10-17)22(24(2,3)4)23(29)26-13-7-6-8-14-26/h1,11-12,15,17,22H,6-10,13-14,16H2,2-4H3. The van der Waals surface area contributed by atoms with Gasteiger partial charge in [-0.2, -0.15) is 0 Å². The summed E-state index contributed by atoms with van der Waals surface area (Å²) in [6, 6.07) is 4.45. The van der Waals surface area contributed by atoms with Gasteiger partial charge in [-0.25, -0.2) is 0 Å². The molecule has 1 heterocycles. The van der Waals surface area contributed by atoms with Crippen LogP contribution in [0.1, 0.15) is 52.9 Å². The van der Waals surface area contributed by atoms with Crippen LogP contribution in [0.4, 0.5) is 5.69 Å². The lowest BCUT2D eigenvalue weighted by atomic mass is 9.83. The lowest BCUT2D eigenvalue weighted by molar-refractivity contribution is -0.137. The summed E-state index contributed by atoms with van der Waals surface area (Å²) in [7, 11) is 0. The lowest BCUT2D eigenvalue weighted by Crippen LogP contribution is -2.57. The quantitative estimate of drug-likeness (QED) is 0.623. The fourth-order valence-electron chi connectivity index (χ4n) is 3.86. The van der Waals surface area contributed by atoms with E-state index in [1.165, 1.54) is 17.7 Å². The zero-order chi connectivity index (χ0) is 21.9. The maximum absolute atomic E-state index is 13.5. The average Bonchev–Trinajstić information content (AvgIpc) is 3.54. The van der Waals surface area contributed by atoms with Gasteiger partial charge in [-0.15, -0.1) is 6.42 Å². The summed E-state index contributed by atoms with van der Waals surface area (Å²) >= 11 is 6.46. The third-order valence-electron chi connectivity index (χ3n) is 5.69. The summed E-state index contributed by atoms with van der Waals surface area (Å²) in [6.07, 6.45) is 10.9. The van der Waals surface area contributed by atoms with Gasteiger partial charge in [0.05, 0.1) is 11.6 Å². The molecule has 30 heavy (non-hydrogen) atoms. The molecule has 1 atom stereocenters. The third-order valence-corrected chi connectivity index (χ3v) is 5.98. The summed E-state index contributed by atoms with van der Waals surface area (Å²) < 4.78 is 5.80. The van der Waals surface area contributed by atoms with Crippen LogP contribution in [0.15, 0.2) is 18.2 Å². The van der Waals surface area contributed by atoms with Gasteiger partial charge >= 0.3 is 5.91 Å². The van der Waals surface area contributed by atoms with Gasteiger partial charge in [0, 0.05) is 18.8 Å². The van der Waals surface area contributed by atoms with Crippen molar-refractivity contribution in [2.24, 2.45) is 11.3 Å². The molecule has 2 fully saturated rings. The topological polar surface area (TPSA) is 49.9 Å². The molecule has 1 aromatic carbocycles. The maximum atomic E-state index is 13.5. The predicted molar refractivity (Wildman–Crippen MR) is 120 cm³/mol. The number of ether oxygens (including phenoxy) is 1. The first-order chi connectivity index (χ1) is 14.2. The number of carbonyl (C=O) groups excluding carboxylic acids is 2. The smallest absolute Gasteiger partial charge is 0.303 e. The van der Waals surface area contributed by atoms with Gasteiger partial charge in [-0.3, -0.25) is 14.5 Å². The minimum Gasteiger partial charge on any atom is -0.492 e. The first-order valence-electron chi connectivity index (χ1n) is 10.7. The second-order valence-corrected chi connectivity index (χ2v) is 9.75. The van der Waals surface area contributed by atoms with E-state index >= 15 is 0 Å². The largest absolute Gasteiger partial charge is 0.492 e. The molecule has 1 unspecified atom stereocenters. The first-order valence-corrected chi connectivity index (χ1v) is 11.1. The summed E-state index contributed by atoms with van der Waals surface area (Å²) in [4.78, 5) is 29.7. The number of halogens is 1.